The Morgan fingerprint density at radius 3 is 2.56 bits per heavy atom. The third-order valence-corrected chi connectivity index (χ3v) is 4.74. The van der Waals surface area contributed by atoms with Crippen LogP contribution in [-0.4, -0.2) is 37.3 Å². The van der Waals surface area contributed by atoms with Crippen LogP contribution in [0.25, 0.3) is 0 Å². The van der Waals surface area contributed by atoms with Gasteiger partial charge in [0, 0.05) is 6.07 Å². The highest BCUT2D eigenvalue weighted by Crippen LogP contribution is 2.12. The summed E-state index contributed by atoms with van der Waals surface area (Å²) in [5.41, 5.74) is 0.599. The number of aromatic nitrogens is 1. The highest BCUT2D eigenvalue weighted by molar-refractivity contribution is 7.90. The Morgan fingerprint density at radius 1 is 1.33 bits per heavy atom. The number of nitrogens with one attached hydrogen (secondary N) is 1. The van der Waals surface area contributed by atoms with Crippen molar-refractivity contribution >= 4 is 27.5 Å². The quantitative estimate of drug-likeness (QED) is 0.702. The third kappa shape index (κ3) is 5.93. The van der Waals surface area contributed by atoms with E-state index in [1.54, 1.807) is 13.0 Å². The molecule has 9 nitrogen and oxygen atoms in total. The van der Waals surface area contributed by atoms with Crippen LogP contribution in [0.2, 0.25) is 0 Å². The maximum Gasteiger partial charge on any atom is 0.338 e. The maximum atomic E-state index is 12.1. The molecule has 1 N–H and O–H groups in total. The molecule has 2 rings (SSSR count). The summed E-state index contributed by atoms with van der Waals surface area (Å²) >= 11 is 0. The van der Waals surface area contributed by atoms with Gasteiger partial charge in [-0.3, -0.25) is 4.79 Å². The molecule has 1 amide bonds. The van der Waals surface area contributed by atoms with Crippen molar-refractivity contribution in [3.05, 3.63) is 47.2 Å². The minimum atomic E-state index is -3.52. The molecule has 0 unspecified atom stereocenters. The normalized spacial score (nSPS) is 12.0. The molecule has 0 saturated heterocycles. The molecule has 10 heteroatoms. The SMILES string of the molecule is Cc1cc(NC(=O)[C@@H](C)OC(=O)c2ccc(CS(=O)(=O)CC#N)cc2)no1. The van der Waals surface area contributed by atoms with E-state index >= 15 is 0 Å². The summed E-state index contributed by atoms with van der Waals surface area (Å²) in [6.07, 6.45) is -1.08. The molecule has 1 aromatic heterocycles. The van der Waals surface area contributed by atoms with Crippen molar-refractivity contribution in [3.8, 4) is 6.07 Å². The van der Waals surface area contributed by atoms with Gasteiger partial charge in [-0.15, -0.1) is 0 Å². The maximum absolute atomic E-state index is 12.1. The van der Waals surface area contributed by atoms with Gasteiger partial charge in [-0.1, -0.05) is 17.3 Å². The Kier molecular flexibility index (Phi) is 6.31. The average Bonchev–Trinajstić information content (AvgIpc) is 2.99. The summed E-state index contributed by atoms with van der Waals surface area (Å²) in [4.78, 5) is 24.1. The summed E-state index contributed by atoms with van der Waals surface area (Å²) in [6.45, 7) is 3.07. The topological polar surface area (TPSA) is 139 Å². The molecule has 2 aromatic rings. The number of hydrogen-bond donors (Lipinski definition) is 1. The van der Waals surface area contributed by atoms with Crippen LogP contribution in [0.4, 0.5) is 5.82 Å². The lowest BCUT2D eigenvalue weighted by molar-refractivity contribution is -0.123. The molecule has 0 spiro atoms. The van der Waals surface area contributed by atoms with Gasteiger partial charge in [-0.2, -0.15) is 5.26 Å². The van der Waals surface area contributed by atoms with Crippen LogP contribution in [0.3, 0.4) is 0 Å². The number of hydrogen-bond acceptors (Lipinski definition) is 8. The number of nitriles is 1. The van der Waals surface area contributed by atoms with Gasteiger partial charge in [0.15, 0.2) is 21.8 Å². The van der Waals surface area contributed by atoms with E-state index in [0.717, 1.165) is 0 Å². The van der Waals surface area contributed by atoms with E-state index in [9.17, 15) is 18.0 Å². The third-order valence-electron chi connectivity index (χ3n) is 3.39. The van der Waals surface area contributed by atoms with Gasteiger partial charge in [0.1, 0.15) is 11.5 Å². The smallest absolute Gasteiger partial charge is 0.338 e. The summed E-state index contributed by atoms with van der Waals surface area (Å²) in [6, 6.07) is 8.81. The minimum absolute atomic E-state index is 0.161. The molecule has 142 valence electrons. The first-order valence-electron chi connectivity index (χ1n) is 7.81. The van der Waals surface area contributed by atoms with Crippen LogP contribution in [0.5, 0.6) is 0 Å². The van der Waals surface area contributed by atoms with Gasteiger partial charge >= 0.3 is 5.97 Å². The number of amides is 1. The fraction of sp³-hybridized carbons (Fsp3) is 0.294. The molecule has 27 heavy (non-hydrogen) atoms. The predicted molar refractivity (Wildman–Crippen MR) is 94.3 cm³/mol. The Bertz CT molecular complexity index is 973. The van der Waals surface area contributed by atoms with Gasteiger partial charge in [0.05, 0.1) is 17.4 Å². The van der Waals surface area contributed by atoms with Crippen LogP contribution in [0.1, 0.15) is 28.6 Å². The Labute approximate surface area is 155 Å². The zero-order chi connectivity index (χ0) is 20.0. The number of ether oxygens (including phenoxy) is 1. The van der Waals surface area contributed by atoms with E-state index in [1.165, 1.54) is 37.3 Å². The van der Waals surface area contributed by atoms with Gasteiger partial charge < -0.3 is 14.6 Å². The molecule has 0 bridgehead atoms. The fourth-order valence-corrected chi connectivity index (χ4v) is 3.07. The zero-order valence-corrected chi connectivity index (χ0v) is 15.4. The highest BCUT2D eigenvalue weighted by Gasteiger charge is 2.20. The van der Waals surface area contributed by atoms with E-state index in [0.29, 0.717) is 11.3 Å². The Hall–Kier alpha value is -3.19. The van der Waals surface area contributed by atoms with Crippen molar-refractivity contribution in [2.45, 2.75) is 25.7 Å². The molecule has 0 aliphatic heterocycles. The number of carbonyl (C=O) groups excluding carboxylic acids is 2. The number of nitrogens with zero attached hydrogens (tertiary/aromatic N) is 2. The van der Waals surface area contributed by atoms with Gasteiger partial charge in [0.2, 0.25) is 0 Å². The molecular formula is C17H17N3O6S. The van der Waals surface area contributed by atoms with E-state index in [1.807, 2.05) is 0 Å². The molecule has 0 aliphatic rings. The molecule has 1 heterocycles. The van der Waals surface area contributed by atoms with Crippen LogP contribution in [0.15, 0.2) is 34.9 Å². The van der Waals surface area contributed by atoms with Crippen LogP contribution in [0, 0.1) is 18.3 Å². The summed E-state index contributed by atoms with van der Waals surface area (Å²) < 4.78 is 33.2. The summed E-state index contributed by atoms with van der Waals surface area (Å²) in [5.74, 6) is -1.45. The van der Waals surface area contributed by atoms with E-state index in [4.69, 9.17) is 14.5 Å². The van der Waals surface area contributed by atoms with E-state index in [2.05, 4.69) is 10.5 Å². The monoisotopic (exact) mass is 391 g/mol. The standard InChI is InChI=1S/C17H17N3O6S/c1-11-9-15(20-26-11)19-16(21)12(2)25-17(22)14-5-3-13(4-6-14)10-27(23,24)8-7-18/h3-6,9,12H,8,10H2,1-2H3,(H,19,20,21)/t12-/m1/s1. The van der Waals surface area contributed by atoms with Crippen LogP contribution >= 0.6 is 0 Å². The van der Waals surface area contributed by atoms with Gasteiger partial charge in [0.25, 0.3) is 5.91 Å². The highest BCUT2D eigenvalue weighted by atomic mass is 32.2. The molecule has 0 fully saturated rings. The first kappa shape index (κ1) is 20.1. The number of carbonyl (C=O) groups is 2. The number of anilines is 1. The van der Waals surface area contributed by atoms with Crippen molar-refractivity contribution < 1.29 is 27.3 Å². The molecule has 1 aromatic carbocycles. The molecule has 0 aliphatic carbocycles. The van der Waals surface area contributed by atoms with Crippen LogP contribution in [-0.2, 0) is 25.1 Å². The fourth-order valence-electron chi connectivity index (χ4n) is 2.08. The second-order valence-electron chi connectivity index (χ2n) is 5.75. The second kappa shape index (κ2) is 8.46. The van der Waals surface area contributed by atoms with Gasteiger partial charge in [-0.05, 0) is 31.5 Å². The van der Waals surface area contributed by atoms with Crippen molar-refractivity contribution in [2.75, 3.05) is 11.1 Å². The predicted octanol–water partition coefficient (Wildman–Crippen LogP) is 1.61. The first-order valence-corrected chi connectivity index (χ1v) is 9.64. The molecular weight excluding hydrogens is 374 g/mol. The van der Waals surface area contributed by atoms with Crippen molar-refractivity contribution in [2.24, 2.45) is 0 Å². The number of aryl methyl sites for hydroxylation is 1. The minimum Gasteiger partial charge on any atom is -0.449 e. The Morgan fingerprint density at radius 2 is 2.00 bits per heavy atom. The van der Waals surface area contributed by atoms with Crippen molar-refractivity contribution in [1.82, 2.24) is 5.16 Å². The number of esters is 1. The Balaban J connectivity index is 1.95. The molecule has 1 atom stereocenters. The van der Waals surface area contributed by atoms with Crippen LogP contribution < -0.4 is 5.32 Å². The molecule has 0 saturated carbocycles. The average molecular weight is 391 g/mol. The van der Waals surface area contributed by atoms with Gasteiger partial charge in [-0.25, -0.2) is 13.2 Å². The summed E-state index contributed by atoms with van der Waals surface area (Å²) in [5, 5.41) is 14.6. The lowest BCUT2D eigenvalue weighted by Crippen LogP contribution is -2.30. The molecule has 0 radical (unpaired) electrons. The lowest BCUT2D eigenvalue weighted by atomic mass is 10.1. The van der Waals surface area contributed by atoms with Crippen molar-refractivity contribution in [1.29, 1.82) is 5.26 Å². The largest absolute Gasteiger partial charge is 0.449 e. The second-order valence-corrected chi connectivity index (χ2v) is 7.81. The summed E-state index contributed by atoms with van der Waals surface area (Å²) in [7, 11) is -3.52. The van der Waals surface area contributed by atoms with E-state index in [-0.39, 0.29) is 17.1 Å². The first-order chi connectivity index (χ1) is 12.7. The number of rotatable bonds is 7. The lowest BCUT2D eigenvalue weighted by Gasteiger charge is -2.12. The zero-order valence-electron chi connectivity index (χ0n) is 14.6. The van der Waals surface area contributed by atoms with E-state index < -0.39 is 33.6 Å². The number of sulfone groups is 1. The number of benzene rings is 1. The van der Waals surface area contributed by atoms with Crippen molar-refractivity contribution in [3.63, 3.8) is 0 Å².